The first-order chi connectivity index (χ1) is 8.78. The minimum absolute atomic E-state index is 0.462. The molecule has 2 aromatic heterocycles. The minimum atomic E-state index is 0.462. The van der Waals surface area contributed by atoms with Gasteiger partial charge in [0.25, 0.3) is 0 Å². The van der Waals surface area contributed by atoms with Crippen molar-refractivity contribution in [2.75, 3.05) is 12.4 Å². The Morgan fingerprint density at radius 3 is 3.11 bits per heavy atom. The third-order valence-corrected chi connectivity index (χ3v) is 2.82. The van der Waals surface area contributed by atoms with Crippen molar-refractivity contribution >= 4 is 11.8 Å². The second-order valence-electron chi connectivity index (χ2n) is 3.39. The lowest BCUT2D eigenvalue weighted by molar-refractivity contribution is 0.330. The van der Waals surface area contributed by atoms with Crippen molar-refractivity contribution in [3.8, 4) is 11.9 Å². The highest BCUT2D eigenvalue weighted by Crippen LogP contribution is 2.12. The number of aryl methyl sites for hydroxylation is 1. The van der Waals surface area contributed by atoms with E-state index in [1.807, 2.05) is 13.1 Å². The lowest BCUT2D eigenvalue weighted by Gasteiger charge is -2.03. The molecule has 18 heavy (non-hydrogen) atoms. The lowest BCUT2D eigenvalue weighted by Crippen LogP contribution is -2.02. The van der Waals surface area contributed by atoms with Crippen molar-refractivity contribution in [2.45, 2.75) is 5.16 Å². The van der Waals surface area contributed by atoms with Crippen molar-refractivity contribution in [3.05, 3.63) is 30.2 Å². The highest BCUT2D eigenvalue weighted by molar-refractivity contribution is 7.99. The largest absolute Gasteiger partial charge is 0.477 e. The monoisotopic (exact) mass is 261 g/mol. The van der Waals surface area contributed by atoms with Gasteiger partial charge in [-0.1, -0.05) is 11.8 Å². The molecule has 7 heteroatoms. The fraction of sp³-hybridized carbons (Fsp3) is 0.273. The number of pyridine rings is 1. The number of ether oxygens (including phenoxy) is 1. The highest BCUT2D eigenvalue weighted by atomic mass is 32.2. The van der Waals surface area contributed by atoms with Gasteiger partial charge >= 0.3 is 0 Å². The molecule has 2 aromatic rings. The number of aromatic nitrogens is 4. The van der Waals surface area contributed by atoms with E-state index in [1.54, 1.807) is 29.3 Å². The first kappa shape index (κ1) is 12.4. The summed E-state index contributed by atoms with van der Waals surface area (Å²) in [4.78, 5) is 8.11. The van der Waals surface area contributed by atoms with Gasteiger partial charge in [-0.3, -0.25) is 4.68 Å². The second kappa shape index (κ2) is 6.02. The Morgan fingerprint density at radius 2 is 2.39 bits per heavy atom. The molecule has 0 saturated carbocycles. The molecule has 0 bridgehead atoms. The van der Waals surface area contributed by atoms with Crippen LogP contribution in [0.25, 0.3) is 0 Å². The predicted molar refractivity (Wildman–Crippen MR) is 66.2 cm³/mol. The molecular weight excluding hydrogens is 250 g/mol. The Bertz CT molecular complexity index is 563. The molecule has 92 valence electrons. The van der Waals surface area contributed by atoms with Crippen LogP contribution in [-0.4, -0.2) is 32.1 Å². The number of thioether (sulfide) groups is 1. The number of nitriles is 1. The predicted octanol–water partition coefficient (Wildman–Crippen LogP) is 1.25. The Hall–Kier alpha value is -2.07. The summed E-state index contributed by atoms with van der Waals surface area (Å²) in [5, 5.41) is 13.6. The van der Waals surface area contributed by atoms with Crippen molar-refractivity contribution in [3.63, 3.8) is 0 Å². The highest BCUT2D eigenvalue weighted by Gasteiger charge is 2.01. The molecule has 6 nitrogen and oxygen atoms in total. The quantitative estimate of drug-likeness (QED) is 0.595. The normalized spacial score (nSPS) is 10.0. The average molecular weight is 261 g/mol. The van der Waals surface area contributed by atoms with Gasteiger partial charge in [-0.25, -0.2) is 9.97 Å². The van der Waals surface area contributed by atoms with Crippen LogP contribution in [0.1, 0.15) is 5.56 Å². The fourth-order valence-electron chi connectivity index (χ4n) is 1.22. The molecule has 0 radical (unpaired) electrons. The number of hydrogen-bond donors (Lipinski definition) is 0. The maximum absolute atomic E-state index is 8.73. The molecule has 2 heterocycles. The summed E-state index contributed by atoms with van der Waals surface area (Å²) in [5.74, 6) is 1.19. The molecule has 0 aliphatic rings. The Labute approximate surface area is 109 Å². The van der Waals surface area contributed by atoms with Gasteiger partial charge in [0.05, 0.1) is 18.2 Å². The zero-order chi connectivity index (χ0) is 12.8. The molecule has 0 amide bonds. The molecule has 2 rings (SSSR count). The van der Waals surface area contributed by atoms with Crippen LogP contribution < -0.4 is 4.74 Å². The Balaban J connectivity index is 1.77. The number of hydrogen-bond acceptors (Lipinski definition) is 6. The molecule has 0 aliphatic heterocycles. The summed E-state index contributed by atoms with van der Waals surface area (Å²) in [6.07, 6.45) is 3.21. The standard InChI is InChI=1S/C11H11N5OS/c1-16-8-14-11(15-16)18-5-4-17-10-6-9(7-12)2-3-13-10/h2-3,6,8H,4-5H2,1H3. The van der Waals surface area contributed by atoms with E-state index in [0.29, 0.717) is 18.1 Å². The maximum Gasteiger partial charge on any atom is 0.214 e. The summed E-state index contributed by atoms with van der Waals surface area (Å²) < 4.78 is 7.09. The van der Waals surface area contributed by atoms with Gasteiger partial charge < -0.3 is 4.74 Å². The first-order valence-corrected chi connectivity index (χ1v) is 6.24. The van der Waals surface area contributed by atoms with E-state index in [9.17, 15) is 0 Å². The third kappa shape index (κ3) is 3.46. The molecule has 0 saturated heterocycles. The van der Waals surface area contributed by atoms with E-state index in [1.165, 1.54) is 11.8 Å². The number of nitrogens with zero attached hydrogens (tertiary/aromatic N) is 5. The van der Waals surface area contributed by atoms with Crippen molar-refractivity contribution < 1.29 is 4.74 Å². The average Bonchev–Trinajstić information content (AvgIpc) is 2.81. The second-order valence-corrected chi connectivity index (χ2v) is 4.45. The summed E-state index contributed by atoms with van der Waals surface area (Å²) >= 11 is 1.51. The van der Waals surface area contributed by atoms with Gasteiger partial charge in [-0.2, -0.15) is 5.26 Å². The summed E-state index contributed by atoms with van der Waals surface area (Å²) in [7, 11) is 1.82. The van der Waals surface area contributed by atoms with E-state index in [4.69, 9.17) is 10.00 Å². The lowest BCUT2D eigenvalue weighted by atomic mass is 10.3. The fourth-order valence-corrected chi connectivity index (χ4v) is 1.88. The molecule has 0 fully saturated rings. The maximum atomic E-state index is 8.73. The van der Waals surface area contributed by atoms with Crippen LogP contribution in [0.2, 0.25) is 0 Å². The zero-order valence-electron chi connectivity index (χ0n) is 9.78. The van der Waals surface area contributed by atoms with Crippen LogP contribution in [-0.2, 0) is 7.05 Å². The molecule has 0 aliphatic carbocycles. The zero-order valence-corrected chi connectivity index (χ0v) is 10.6. The molecule has 0 unspecified atom stereocenters. The van der Waals surface area contributed by atoms with Gasteiger partial charge in [0.1, 0.15) is 6.33 Å². The molecular formula is C11H11N5OS. The topological polar surface area (TPSA) is 76.6 Å². The van der Waals surface area contributed by atoms with E-state index in [-0.39, 0.29) is 0 Å². The van der Waals surface area contributed by atoms with Crippen LogP contribution in [0.15, 0.2) is 29.8 Å². The van der Waals surface area contributed by atoms with Crippen LogP contribution in [0, 0.1) is 11.3 Å². The van der Waals surface area contributed by atoms with Crippen molar-refractivity contribution in [1.29, 1.82) is 5.26 Å². The SMILES string of the molecule is Cn1cnc(SCCOc2cc(C#N)ccn2)n1. The number of rotatable bonds is 5. The van der Waals surface area contributed by atoms with E-state index in [0.717, 1.165) is 10.9 Å². The Morgan fingerprint density at radius 1 is 1.50 bits per heavy atom. The van der Waals surface area contributed by atoms with Gasteiger partial charge in [-0.05, 0) is 6.07 Å². The van der Waals surface area contributed by atoms with Gasteiger partial charge in [-0.15, -0.1) is 5.10 Å². The van der Waals surface area contributed by atoms with E-state index in [2.05, 4.69) is 15.1 Å². The van der Waals surface area contributed by atoms with Crippen LogP contribution in [0.3, 0.4) is 0 Å². The van der Waals surface area contributed by atoms with Crippen LogP contribution in [0.5, 0.6) is 5.88 Å². The van der Waals surface area contributed by atoms with Gasteiger partial charge in [0, 0.05) is 25.1 Å². The molecule has 0 aromatic carbocycles. The third-order valence-electron chi connectivity index (χ3n) is 2.01. The van der Waals surface area contributed by atoms with E-state index >= 15 is 0 Å². The van der Waals surface area contributed by atoms with Gasteiger partial charge in [0.15, 0.2) is 0 Å². The first-order valence-electron chi connectivity index (χ1n) is 5.25. The minimum Gasteiger partial charge on any atom is -0.477 e. The molecule has 0 atom stereocenters. The van der Waals surface area contributed by atoms with Gasteiger partial charge in [0.2, 0.25) is 11.0 Å². The summed E-state index contributed by atoms with van der Waals surface area (Å²) in [5.41, 5.74) is 0.541. The smallest absolute Gasteiger partial charge is 0.214 e. The molecule has 0 spiro atoms. The van der Waals surface area contributed by atoms with Crippen LogP contribution >= 0.6 is 11.8 Å². The van der Waals surface area contributed by atoms with Crippen LogP contribution in [0.4, 0.5) is 0 Å². The van der Waals surface area contributed by atoms with Crippen molar-refractivity contribution in [1.82, 2.24) is 19.7 Å². The molecule has 0 N–H and O–H groups in total. The summed E-state index contributed by atoms with van der Waals surface area (Å²) in [6.45, 7) is 0.491. The van der Waals surface area contributed by atoms with E-state index < -0.39 is 0 Å². The van der Waals surface area contributed by atoms with Crippen molar-refractivity contribution in [2.24, 2.45) is 7.05 Å². The Kier molecular flexibility index (Phi) is 4.15. The summed E-state index contributed by atoms with van der Waals surface area (Å²) in [6, 6.07) is 5.29.